The highest BCUT2D eigenvalue weighted by atomic mass is 16.2. The topological polar surface area (TPSA) is 87.3 Å². The van der Waals surface area contributed by atoms with Crippen LogP contribution in [-0.4, -0.2) is 23.8 Å². The summed E-state index contributed by atoms with van der Waals surface area (Å²) >= 11 is 0. The van der Waals surface area contributed by atoms with Crippen molar-refractivity contribution in [3.05, 3.63) is 29.8 Å². The minimum atomic E-state index is -0.545. The molecule has 3 N–H and O–H groups in total. The van der Waals surface area contributed by atoms with Crippen LogP contribution in [0.25, 0.3) is 0 Å². The van der Waals surface area contributed by atoms with Crippen LogP contribution in [0.4, 0.5) is 5.69 Å². The molecule has 0 aliphatic carbocycles. The summed E-state index contributed by atoms with van der Waals surface area (Å²) in [6, 6.07) is 6.66. The first kappa shape index (κ1) is 17.7. The first-order valence-electron chi connectivity index (χ1n) is 7.21. The summed E-state index contributed by atoms with van der Waals surface area (Å²) in [6.45, 7) is 6.96. The van der Waals surface area contributed by atoms with Gasteiger partial charge < -0.3 is 16.0 Å². The molecular weight excluding hydrogens is 282 g/mol. The highest BCUT2D eigenvalue weighted by Crippen LogP contribution is 2.09. The largest absolute Gasteiger partial charge is 0.350 e. The standard InChI is InChI=1S/C16H23N3O3/c1-10(2)15(19-12(4)21)16(22)17-9-13-5-7-14(8-6-13)18-11(3)20/h5-8,10,15H,9H2,1-4H3,(H,17,22)(H,18,20)(H,19,21)/t15-/m0/s1. The Morgan fingerprint density at radius 3 is 2.05 bits per heavy atom. The Hall–Kier alpha value is -2.37. The zero-order valence-corrected chi connectivity index (χ0v) is 13.4. The third-order valence-electron chi connectivity index (χ3n) is 3.05. The summed E-state index contributed by atoms with van der Waals surface area (Å²) in [5, 5.41) is 8.13. The molecule has 0 heterocycles. The predicted octanol–water partition coefficient (Wildman–Crippen LogP) is 1.42. The fraction of sp³-hybridized carbons (Fsp3) is 0.438. The summed E-state index contributed by atoms with van der Waals surface area (Å²) < 4.78 is 0. The van der Waals surface area contributed by atoms with Crippen LogP contribution < -0.4 is 16.0 Å². The lowest BCUT2D eigenvalue weighted by Gasteiger charge is -2.21. The lowest BCUT2D eigenvalue weighted by Crippen LogP contribution is -2.48. The Morgan fingerprint density at radius 1 is 1.00 bits per heavy atom. The molecule has 0 saturated heterocycles. The minimum Gasteiger partial charge on any atom is -0.350 e. The van der Waals surface area contributed by atoms with Crippen LogP contribution in [0.15, 0.2) is 24.3 Å². The van der Waals surface area contributed by atoms with Crippen LogP contribution in [0.5, 0.6) is 0 Å². The number of carbonyl (C=O) groups is 3. The van der Waals surface area contributed by atoms with Gasteiger partial charge in [0.05, 0.1) is 0 Å². The number of anilines is 1. The quantitative estimate of drug-likeness (QED) is 0.743. The number of hydrogen-bond acceptors (Lipinski definition) is 3. The van der Waals surface area contributed by atoms with Gasteiger partial charge in [-0.25, -0.2) is 0 Å². The van der Waals surface area contributed by atoms with Crippen LogP contribution in [-0.2, 0) is 20.9 Å². The third-order valence-corrected chi connectivity index (χ3v) is 3.05. The van der Waals surface area contributed by atoms with Gasteiger partial charge >= 0.3 is 0 Å². The van der Waals surface area contributed by atoms with E-state index < -0.39 is 6.04 Å². The number of carbonyl (C=O) groups excluding carboxylic acids is 3. The normalized spacial score (nSPS) is 11.7. The Labute approximate surface area is 130 Å². The van der Waals surface area contributed by atoms with Crippen molar-refractivity contribution in [2.75, 3.05) is 5.32 Å². The lowest BCUT2D eigenvalue weighted by atomic mass is 10.0. The van der Waals surface area contributed by atoms with E-state index in [1.54, 1.807) is 12.1 Å². The van der Waals surface area contributed by atoms with E-state index >= 15 is 0 Å². The van der Waals surface area contributed by atoms with Crippen molar-refractivity contribution in [2.45, 2.75) is 40.3 Å². The van der Waals surface area contributed by atoms with Crippen molar-refractivity contribution < 1.29 is 14.4 Å². The van der Waals surface area contributed by atoms with E-state index in [9.17, 15) is 14.4 Å². The number of rotatable bonds is 6. The van der Waals surface area contributed by atoms with Crippen LogP contribution >= 0.6 is 0 Å². The van der Waals surface area contributed by atoms with Crippen LogP contribution in [0.1, 0.15) is 33.3 Å². The SMILES string of the molecule is CC(=O)Nc1ccc(CNC(=O)[C@@H](NC(C)=O)C(C)C)cc1. The third kappa shape index (κ3) is 5.95. The summed E-state index contributed by atoms with van der Waals surface area (Å²) in [6.07, 6.45) is 0. The van der Waals surface area contributed by atoms with Crippen molar-refractivity contribution in [1.82, 2.24) is 10.6 Å². The second-order valence-corrected chi connectivity index (χ2v) is 5.52. The molecule has 0 aliphatic heterocycles. The van der Waals surface area contributed by atoms with Crippen molar-refractivity contribution in [3.63, 3.8) is 0 Å². The first-order valence-corrected chi connectivity index (χ1v) is 7.21. The molecule has 1 aromatic rings. The van der Waals surface area contributed by atoms with Crippen LogP contribution in [0, 0.1) is 5.92 Å². The van der Waals surface area contributed by atoms with E-state index in [0.29, 0.717) is 12.2 Å². The first-order chi connectivity index (χ1) is 10.3. The van der Waals surface area contributed by atoms with Crippen molar-refractivity contribution in [1.29, 1.82) is 0 Å². The molecule has 1 aromatic carbocycles. The number of nitrogens with one attached hydrogen (secondary N) is 3. The van der Waals surface area contributed by atoms with Crippen molar-refractivity contribution in [2.24, 2.45) is 5.92 Å². The molecule has 0 bridgehead atoms. The maximum Gasteiger partial charge on any atom is 0.243 e. The molecule has 0 unspecified atom stereocenters. The zero-order chi connectivity index (χ0) is 16.7. The maximum absolute atomic E-state index is 12.1. The van der Waals surface area contributed by atoms with Crippen LogP contribution in [0.3, 0.4) is 0 Å². The van der Waals surface area contributed by atoms with Gasteiger partial charge in [0.1, 0.15) is 6.04 Å². The fourth-order valence-electron chi connectivity index (χ4n) is 1.96. The second-order valence-electron chi connectivity index (χ2n) is 5.52. The monoisotopic (exact) mass is 305 g/mol. The number of amides is 3. The molecule has 0 radical (unpaired) electrons. The molecule has 6 heteroatoms. The highest BCUT2D eigenvalue weighted by Gasteiger charge is 2.22. The summed E-state index contributed by atoms with van der Waals surface area (Å²) in [7, 11) is 0. The van der Waals surface area contributed by atoms with E-state index in [-0.39, 0.29) is 23.6 Å². The average Bonchev–Trinajstić information content (AvgIpc) is 2.42. The van der Waals surface area contributed by atoms with E-state index in [1.807, 2.05) is 26.0 Å². The fourth-order valence-corrected chi connectivity index (χ4v) is 1.96. The molecule has 0 fully saturated rings. The van der Waals surface area contributed by atoms with E-state index in [4.69, 9.17) is 0 Å². The molecule has 3 amide bonds. The maximum atomic E-state index is 12.1. The van der Waals surface area contributed by atoms with Gasteiger partial charge in [0.25, 0.3) is 0 Å². The second kappa shape index (κ2) is 8.17. The van der Waals surface area contributed by atoms with Gasteiger partial charge in [-0.1, -0.05) is 26.0 Å². The van der Waals surface area contributed by atoms with Crippen LogP contribution in [0.2, 0.25) is 0 Å². The molecule has 1 atom stereocenters. The predicted molar refractivity (Wildman–Crippen MR) is 85.0 cm³/mol. The average molecular weight is 305 g/mol. The van der Waals surface area contributed by atoms with E-state index in [0.717, 1.165) is 5.56 Å². The summed E-state index contributed by atoms with van der Waals surface area (Å²) in [4.78, 5) is 34.2. The van der Waals surface area contributed by atoms with E-state index in [1.165, 1.54) is 13.8 Å². The highest BCUT2D eigenvalue weighted by molar-refractivity contribution is 5.88. The lowest BCUT2D eigenvalue weighted by molar-refractivity contribution is -0.129. The molecular formula is C16H23N3O3. The zero-order valence-electron chi connectivity index (χ0n) is 13.4. The summed E-state index contributed by atoms with van der Waals surface area (Å²) in [5.74, 6) is -0.563. The van der Waals surface area contributed by atoms with Gasteiger partial charge in [0, 0.05) is 26.1 Å². The molecule has 0 spiro atoms. The van der Waals surface area contributed by atoms with Crippen molar-refractivity contribution in [3.8, 4) is 0 Å². The minimum absolute atomic E-state index is 0.00559. The summed E-state index contributed by atoms with van der Waals surface area (Å²) in [5.41, 5.74) is 1.62. The molecule has 0 saturated carbocycles. The number of benzene rings is 1. The van der Waals surface area contributed by atoms with Gasteiger partial charge in [-0.05, 0) is 23.6 Å². The molecule has 120 valence electrons. The van der Waals surface area contributed by atoms with E-state index in [2.05, 4.69) is 16.0 Å². The molecule has 1 rings (SSSR count). The Bertz CT molecular complexity index is 538. The van der Waals surface area contributed by atoms with Gasteiger partial charge in [0.15, 0.2) is 0 Å². The van der Waals surface area contributed by atoms with Gasteiger partial charge in [-0.3, -0.25) is 14.4 Å². The molecule has 6 nitrogen and oxygen atoms in total. The number of hydrogen-bond donors (Lipinski definition) is 3. The Kier molecular flexibility index (Phi) is 6.56. The molecule has 0 aromatic heterocycles. The molecule has 0 aliphatic rings. The molecule has 22 heavy (non-hydrogen) atoms. The Balaban J connectivity index is 2.58. The van der Waals surface area contributed by atoms with Gasteiger partial charge in [-0.2, -0.15) is 0 Å². The van der Waals surface area contributed by atoms with Crippen molar-refractivity contribution >= 4 is 23.4 Å². The van der Waals surface area contributed by atoms with Gasteiger partial charge in [0.2, 0.25) is 17.7 Å². The van der Waals surface area contributed by atoms with Gasteiger partial charge in [-0.15, -0.1) is 0 Å². The Morgan fingerprint density at radius 2 is 1.59 bits per heavy atom. The smallest absolute Gasteiger partial charge is 0.243 e.